The highest BCUT2D eigenvalue weighted by atomic mass is 32.2. The lowest BCUT2D eigenvalue weighted by Gasteiger charge is -2.21. The van der Waals surface area contributed by atoms with E-state index < -0.39 is 10.0 Å². The van der Waals surface area contributed by atoms with E-state index in [0.717, 1.165) is 11.3 Å². The van der Waals surface area contributed by atoms with Gasteiger partial charge in [-0.05, 0) is 54.3 Å². The van der Waals surface area contributed by atoms with Gasteiger partial charge in [-0.3, -0.25) is 0 Å². The summed E-state index contributed by atoms with van der Waals surface area (Å²) in [6.45, 7) is 4.14. The van der Waals surface area contributed by atoms with Crippen molar-refractivity contribution in [2.75, 3.05) is 14.2 Å². The molecule has 6 heteroatoms. The molecule has 2 aromatic carbocycles. The standard InChI is InChI=1S/C19H25NO4S/c1-14(2)13-19(15-5-7-16(23-3)8-6-15)20-25(21,22)18-11-9-17(24-4)10-12-18/h5-12,14,19-20H,13H2,1-4H3. The molecule has 0 saturated heterocycles. The second-order valence-electron chi connectivity index (χ2n) is 6.25. The fourth-order valence-corrected chi connectivity index (χ4v) is 3.81. The first kappa shape index (κ1) is 19.3. The SMILES string of the molecule is COc1ccc(C(CC(C)C)NS(=O)(=O)c2ccc(OC)cc2)cc1. The zero-order chi connectivity index (χ0) is 18.4. The van der Waals surface area contributed by atoms with Gasteiger partial charge >= 0.3 is 0 Å². The Labute approximate surface area is 150 Å². The van der Waals surface area contributed by atoms with Crippen molar-refractivity contribution in [2.45, 2.75) is 31.2 Å². The molecule has 0 saturated carbocycles. The van der Waals surface area contributed by atoms with E-state index in [9.17, 15) is 8.42 Å². The Morgan fingerprint density at radius 1 is 0.880 bits per heavy atom. The molecule has 1 unspecified atom stereocenters. The smallest absolute Gasteiger partial charge is 0.241 e. The highest BCUT2D eigenvalue weighted by molar-refractivity contribution is 7.89. The summed E-state index contributed by atoms with van der Waals surface area (Å²) < 4.78 is 38.6. The zero-order valence-corrected chi connectivity index (χ0v) is 15.8. The third-order valence-electron chi connectivity index (χ3n) is 3.89. The second-order valence-corrected chi connectivity index (χ2v) is 7.97. The first-order valence-corrected chi connectivity index (χ1v) is 9.64. The van der Waals surface area contributed by atoms with Crippen LogP contribution in [-0.4, -0.2) is 22.6 Å². The summed E-state index contributed by atoms with van der Waals surface area (Å²) in [5.74, 6) is 1.70. The minimum Gasteiger partial charge on any atom is -0.497 e. The van der Waals surface area contributed by atoms with Crippen LogP contribution >= 0.6 is 0 Å². The van der Waals surface area contributed by atoms with Crippen molar-refractivity contribution in [1.82, 2.24) is 4.72 Å². The Morgan fingerprint density at radius 3 is 1.80 bits per heavy atom. The van der Waals surface area contributed by atoms with Crippen molar-refractivity contribution in [2.24, 2.45) is 5.92 Å². The van der Waals surface area contributed by atoms with Gasteiger partial charge in [-0.25, -0.2) is 13.1 Å². The van der Waals surface area contributed by atoms with E-state index in [4.69, 9.17) is 9.47 Å². The Hall–Kier alpha value is -2.05. The van der Waals surface area contributed by atoms with Crippen LogP contribution in [0.5, 0.6) is 11.5 Å². The number of ether oxygens (including phenoxy) is 2. The molecule has 0 aliphatic heterocycles. The fourth-order valence-electron chi connectivity index (χ4n) is 2.57. The molecule has 0 heterocycles. The summed E-state index contributed by atoms with van der Waals surface area (Å²) in [7, 11) is -0.481. The van der Waals surface area contributed by atoms with Gasteiger partial charge in [-0.1, -0.05) is 26.0 Å². The van der Waals surface area contributed by atoms with Gasteiger partial charge in [0.25, 0.3) is 0 Å². The van der Waals surface area contributed by atoms with Crippen LogP contribution in [-0.2, 0) is 10.0 Å². The van der Waals surface area contributed by atoms with E-state index in [1.807, 2.05) is 24.3 Å². The summed E-state index contributed by atoms with van der Waals surface area (Å²) in [6.07, 6.45) is 0.696. The molecule has 25 heavy (non-hydrogen) atoms. The third kappa shape index (κ3) is 5.21. The number of rotatable bonds is 8. The van der Waals surface area contributed by atoms with E-state index in [2.05, 4.69) is 18.6 Å². The Bertz CT molecular complexity index is 768. The minimum absolute atomic E-state index is 0.218. The summed E-state index contributed by atoms with van der Waals surface area (Å²) in [5, 5.41) is 0. The van der Waals surface area contributed by atoms with Gasteiger partial charge in [-0.15, -0.1) is 0 Å². The number of benzene rings is 2. The van der Waals surface area contributed by atoms with Crippen molar-refractivity contribution in [3.63, 3.8) is 0 Å². The van der Waals surface area contributed by atoms with Gasteiger partial charge in [0.2, 0.25) is 10.0 Å². The van der Waals surface area contributed by atoms with E-state index in [1.165, 1.54) is 0 Å². The lowest BCUT2D eigenvalue weighted by atomic mass is 9.98. The van der Waals surface area contributed by atoms with Crippen LogP contribution in [0, 0.1) is 5.92 Å². The number of nitrogens with one attached hydrogen (secondary N) is 1. The molecule has 2 rings (SSSR count). The monoisotopic (exact) mass is 363 g/mol. The Kier molecular flexibility index (Phi) is 6.45. The van der Waals surface area contributed by atoms with Crippen LogP contribution in [0.4, 0.5) is 0 Å². The first-order valence-electron chi connectivity index (χ1n) is 8.16. The Balaban J connectivity index is 2.27. The molecule has 0 aliphatic rings. The predicted molar refractivity (Wildman–Crippen MR) is 98.5 cm³/mol. The molecule has 0 amide bonds. The molecular formula is C19H25NO4S. The van der Waals surface area contributed by atoms with Crippen molar-refractivity contribution in [3.8, 4) is 11.5 Å². The average molecular weight is 363 g/mol. The maximum Gasteiger partial charge on any atom is 0.241 e. The predicted octanol–water partition coefficient (Wildman–Crippen LogP) is 3.77. The van der Waals surface area contributed by atoms with Gasteiger partial charge in [0.1, 0.15) is 11.5 Å². The Morgan fingerprint density at radius 2 is 1.36 bits per heavy atom. The van der Waals surface area contributed by atoms with Gasteiger partial charge in [-0.2, -0.15) is 0 Å². The first-order chi connectivity index (χ1) is 11.9. The number of sulfonamides is 1. The van der Waals surface area contributed by atoms with Crippen LogP contribution < -0.4 is 14.2 Å². The molecule has 0 aliphatic carbocycles. The van der Waals surface area contributed by atoms with Crippen molar-refractivity contribution < 1.29 is 17.9 Å². The third-order valence-corrected chi connectivity index (χ3v) is 5.38. The van der Waals surface area contributed by atoms with Crippen LogP contribution in [0.3, 0.4) is 0 Å². The van der Waals surface area contributed by atoms with Crippen LogP contribution in [0.2, 0.25) is 0 Å². The molecule has 136 valence electrons. The second kappa shape index (κ2) is 8.36. The maximum absolute atomic E-state index is 12.7. The maximum atomic E-state index is 12.7. The van der Waals surface area contributed by atoms with E-state index in [0.29, 0.717) is 18.1 Å². The molecule has 2 aromatic rings. The van der Waals surface area contributed by atoms with Crippen LogP contribution in [0.15, 0.2) is 53.4 Å². The average Bonchev–Trinajstić information content (AvgIpc) is 2.60. The lowest BCUT2D eigenvalue weighted by Crippen LogP contribution is -2.29. The number of hydrogen-bond donors (Lipinski definition) is 1. The topological polar surface area (TPSA) is 64.6 Å². The van der Waals surface area contributed by atoms with Crippen molar-refractivity contribution in [1.29, 1.82) is 0 Å². The molecule has 0 spiro atoms. The van der Waals surface area contributed by atoms with Crippen molar-refractivity contribution in [3.05, 3.63) is 54.1 Å². The van der Waals surface area contributed by atoms with Gasteiger partial charge in [0.05, 0.1) is 19.1 Å². The van der Waals surface area contributed by atoms with E-state index >= 15 is 0 Å². The fraction of sp³-hybridized carbons (Fsp3) is 0.368. The summed E-state index contributed by atoms with van der Waals surface area (Å²) in [4.78, 5) is 0.218. The molecule has 0 fully saturated rings. The zero-order valence-electron chi connectivity index (χ0n) is 15.0. The van der Waals surface area contributed by atoms with Gasteiger partial charge in [0, 0.05) is 6.04 Å². The highest BCUT2D eigenvalue weighted by Crippen LogP contribution is 2.26. The number of hydrogen-bond acceptors (Lipinski definition) is 4. The summed E-state index contributed by atoms with van der Waals surface area (Å²) in [6, 6.07) is 13.5. The summed E-state index contributed by atoms with van der Waals surface area (Å²) >= 11 is 0. The summed E-state index contributed by atoms with van der Waals surface area (Å²) in [5.41, 5.74) is 0.909. The number of methoxy groups -OCH3 is 2. The molecule has 0 aromatic heterocycles. The molecule has 0 bridgehead atoms. The normalized spacial score (nSPS) is 12.8. The van der Waals surface area contributed by atoms with E-state index in [1.54, 1.807) is 38.5 Å². The lowest BCUT2D eigenvalue weighted by molar-refractivity contribution is 0.414. The quantitative estimate of drug-likeness (QED) is 0.775. The van der Waals surface area contributed by atoms with Gasteiger partial charge < -0.3 is 9.47 Å². The largest absolute Gasteiger partial charge is 0.497 e. The van der Waals surface area contributed by atoms with Crippen LogP contribution in [0.1, 0.15) is 31.9 Å². The van der Waals surface area contributed by atoms with Crippen LogP contribution in [0.25, 0.3) is 0 Å². The van der Waals surface area contributed by atoms with E-state index in [-0.39, 0.29) is 10.9 Å². The molecule has 1 N–H and O–H groups in total. The molecule has 1 atom stereocenters. The van der Waals surface area contributed by atoms with Crippen molar-refractivity contribution >= 4 is 10.0 Å². The highest BCUT2D eigenvalue weighted by Gasteiger charge is 2.22. The minimum atomic E-state index is -3.63. The molecular weight excluding hydrogens is 338 g/mol. The van der Waals surface area contributed by atoms with Gasteiger partial charge in [0.15, 0.2) is 0 Å². The molecule has 5 nitrogen and oxygen atoms in total. The molecule has 0 radical (unpaired) electrons.